The van der Waals surface area contributed by atoms with Crippen LogP contribution in [-0.4, -0.2) is 46.9 Å². The Bertz CT molecular complexity index is 713. The Labute approximate surface area is 143 Å². The molecule has 0 spiro atoms. The van der Waals surface area contributed by atoms with E-state index in [-0.39, 0.29) is 0 Å². The van der Waals surface area contributed by atoms with Gasteiger partial charge in [0.2, 0.25) is 5.91 Å². The van der Waals surface area contributed by atoms with Crippen LogP contribution in [0.1, 0.15) is 18.4 Å². The molecule has 124 valence electrons. The number of fused-ring (bicyclic) bond motifs is 1. The fourth-order valence-corrected chi connectivity index (χ4v) is 3.99. The van der Waals surface area contributed by atoms with E-state index in [1.807, 2.05) is 36.3 Å². The van der Waals surface area contributed by atoms with Crippen LogP contribution in [0.5, 0.6) is 0 Å². The van der Waals surface area contributed by atoms with Gasteiger partial charge in [0.1, 0.15) is 0 Å². The molecule has 1 amide bonds. The number of hydrogen-bond donors (Lipinski definition) is 0. The van der Waals surface area contributed by atoms with Gasteiger partial charge >= 0.3 is 0 Å². The second-order valence-corrected chi connectivity index (χ2v) is 6.97. The molecule has 2 fully saturated rings. The minimum Gasteiger partial charge on any atom is -0.341 e. The topological polar surface area (TPSA) is 36.4 Å². The normalized spacial score (nSPS) is 24.2. The standard InChI is InChI=1S/C20H23N3O/c1-22-19-14-23(11-9-17(19)12-20(22)24)13-15-5-7-16(8-6-15)18-4-2-3-10-21-18/h2-8,10,17,19H,9,11-14H2,1H3/t17-,19-/m1/s1. The van der Waals surface area contributed by atoms with E-state index >= 15 is 0 Å². The monoisotopic (exact) mass is 321 g/mol. The van der Waals surface area contributed by atoms with Gasteiger partial charge in [0.15, 0.2) is 0 Å². The third kappa shape index (κ3) is 2.94. The number of carbonyl (C=O) groups excluding carboxylic acids is 1. The number of rotatable bonds is 3. The smallest absolute Gasteiger partial charge is 0.222 e. The van der Waals surface area contributed by atoms with Crippen LogP contribution in [0.3, 0.4) is 0 Å². The van der Waals surface area contributed by atoms with Crippen LogP contribution in [-0.2, 0) is 11.3 Å². The molecule has 4 rings (SSSR count). The van der Waals surface area contributed by atoms with Gasteiger partial charge in [-0.1, -0.05) is 30.3 Å². The maximum absolute atomic E-state index is 11.9. The Balaban J connectivity index is 1.42. The Morgan fingerprint density at radius 2 is 2.00 bits per heavy atom. The molecule has 4 nitrogen and oxygen atoms in total. The van der Waals surface area contributed by atoms with E-state index in [2.05, 4.69) is 34.1 Å². The zero-order valence-electron chi connectivity index (χ0n) is 14.1. The van der Waals surface area contributed by atoms with Crippen molar-refractivity contribution in [2.45, 2.75) is 25.4 Å². The van der Waals surface area contributed by atoms with E-state index in [0.29, 0.717) is 17.9 Å². The summed E-state index contributed by atoms with van der Waals surface area (Å²) in [6.45, 7) is 3.03. The molecular formula is C20H23N3O. The number of pyridine rings is 1. The van der Waals surface area contributed by atoms with Crippen molar-refractivity contribution in [1.82, 2.24) is 14.8 Å². The van der Waals surface area contributed by atoms with Crippen LogP contribution < -0.4 is 0 Å². The number of nitrogens with zero attached hydrogens (tertiary/aromatic N) is 3. The number of hydrogen-bond acceptors (Lipinski definition) is 3. The minimum atomic E-state index is 0.312. The van der Waals surface area contributed by atoms with Gasteiger partial charge < -0.3 is 4.90 Å². The van der Waals surface area contributed by atoms with Crippen LogP contribution in [0, 0.1) is 5.92 Å². The first-order chi connectivity index (χ1) is 11.7. The first-order valence-corrected chi connectivity index (χ1v) is 8.69. The number of amides is 1. The van der Waals surface area contributed by atoms with E-state index in [4.69, 9.17) is 0 Å². The lowest BCUT2D eigenvalue weighted by molar-refractivity contribution is -0.127. The molecule has 0 saturated carbocycles. The van der Waals surface area contributed by atoms with Crippen LogP contribution in [0.2, 0.25) is 0 Å². The van der Waals surface area contributed by atoms with Crippen LogP contribution in [0.25, 0.3) is 11.3 Å². The van der Waals surface area contributed by atoms with Crippen molar-refractivity contribution >= 4 is 5.91 Å². The van der Waals surface area contributed by atoms with Crippen molar-refractivity contribution in [3.8, 4) is 11.3 Å². The van der Waals surface area contributed by atoms with Crippen molar-refractivity contribution in [1.29, 1.82) is 0 Å². The molecule has 2 atom stereocenters. The predicted octanol–water partition coefficient (Wildman–Crippen LogP) is 2.80. The summed E-state index contributed by atoms with van der Waals surface area (Å²) in [5.74, 6) is 0.872. The van der Waals surface area contributed by atoms with E-state index in [9.17, 15) is 4.79 Å². The van der Waals surface area contributed by atoms with Gasteiger partial charge in [-0.15, -0.1) is 0 Å². The zero-order chi connectivity index (χ0) is 16.5. The Morgan fingerprint density at radius 1 is 1.17 bits per heavy atom. The van der Waals surface area contributed by atoms with E-state index in [1.54, 1.807) is 0 Å². The number of likely N-dealkylation sites (tertiary alicyclic amines) is 2. The number of likely N-dealkylation sites (N-methyl/N-ethyl adjacent to an activating group) is 1. The van der Waals surface area contributed by atoms with Gasteiger partial charge in [-0.05, 0) is 36.6 Å². The van der Waals surface area contributed by atoms with Gasteiger partial charge in [-0.3, -0.25) is 14.7 Å². The molecular weight excluding hydrogens is 298 g/mol. The summed E-state index contributed by atoms with van der Waals surface area (Å²) in [5, 5.41) is 0. The molecule has 1 aromatic carbocycles. The molecule has 0 unspecified atom stereocenters. The molecule has 4 heteroatoms. The maximum Gasteiger partial charge on any atom is 0.222 e. The summed E-state index contributed by atoms with van der Waals surface area (Å²) in [6.07, 6.45) is 3.70. The number of piperidine rings is 1. The highest BCUT2D eigenvalue weighted by molar-refractivity contribution is 5.79. The number of aromatic nitrogens is 1. The Hall–Kier alpha value is -2.20. The molecule has 24 heavy (non-hydrogen) atoms. The summed E-state index contributed by atoms with van der Waals surface area (Å²) in [4.78, 5) is 20.7. The van der Waals surface area contributed by atoms with Crippen molar-refractivity contribution in [2.75, 3.05) is 20.1 Å². The maximum atomic E-state index is 11.9. The largest absolute Gasteiger partial charge is 0.341 e. The van der Waals surface area contributed by atoms with Gasteiger partial charge in [0.05, 0.1) is 5.69 Å². The average Bonchev–Trinajstić information content (AvgIpc) is 2.91. The van der Waals surface area contributed by atoms with Crippen molar-refractivity contribution in [3.63, 3.8) is 0 Å². The lowest BCUT2D eigenvalue weighted by Gasteiger charge is -2.37. The fourth-order valence-electron chi connectivity index (χ4n) is 3.99. The summed E-state index contributed by atoms with van der Waals surface area (Å²) in [6, 6.07) is 15.1. The SMILES string of the molecule is CN1C(=O)C[C@H]2CCN(Cc3ccc(-c4ccccn4)cc3)C[C@H]21. The van der Waals surface area contributed by atoms with Crippen molar-refractivity contribution in [3.05, 3.63) is 54.2 Å². The molecule has 0 bridgehead atoms. The molecule has 2 aromatic rings. The average molecular weight is 321 g/mol. The second-order valence-electron chi connectivity index (χ2n) is 6.97. The summed E-state index contributed by atoms with van der Waals surface area (Å²) in [5.41, 5.74) is 3.48. The summed E-state index contributed by atoms with van der Waals surface area (Å²) in [7, 11) is 1.96. The van der Waals surface area contributed by atoms with E-state index in [1.165, 1.54) is 5.56 Å². The summed E-state index contributed by atoms with van der Waals surface area (Å²) >= 11 is 0. The Kier molecular flexibility index (Phi) is 4.07. The third-order valence-corrected chi connectivity index (χ3v) is 5.45. The Morgan fingerprint density at radius 3 is 2.75 bits per heavy atom. The zero-order valence-corrected chi connectivity index (χ0v) is 14.1. The number of benzene rings is 1. The van der Waals surface area contributed by atoms with Crippen LogP contribution in [0.4, 0.5) is 0 Å². The molecule has 0 N–H and O–H groups in total. The summed E-state index contributed by atoms with van der Waals surface area (Å²) < 4.78 is 0. The highest BCUT2D eigenvalue weighted by Gasteiger charge is 2.40. The third-order valence-electron chi connectivity index (χ3n) is 5.45. The molecule has 2 saturated heterocycles. The fraction of sp³-hybridized carbons (Fsp3) is 0.400. The highest BCUT2D eigenvalue weighted by atomic mass is 16.2. The van der Waals surface area contributed by atoms with Gasteiger partial charge in [0.25, 0.3) is 0 Å². The molecule has 0 radical (unpaired) electrons. The molecule has 2 aliphatic rings. The lowest BCUT2D eigenvalue weighted by atomic mass is 9.92. The van der Waals surface area contributed by atoms with E-state index < -0.39 is 0 Å². The predicted molar refractivity (Wildman–Crippen MR) is 94.2 cm³/mol. The lowest BCUT2D eigenvalue weighted by Crippen LogP contribution is -2.47. The van der Waals surface area contributed by atoms with Gasteiger partial charge in [-0.25, -0.2) is 0 Å². The van der Waals surface area contributed by atoms with Crippen molar-refractivity contribution in [2.24, 2.45) is 5.92 Å². The van der Waals surface area contributed by atoms with Gasteiger partial charge in [-0.2, -0.15) is 0 Å². The first kappa shape index (κ1) is 15.3. The van der Waals surface area contributed by atoms with E-state index in [0.717, 1.165) is 43.7 Å². The second kappa shape index (κ2) is 6.36. The quantitative estimate of drug-likeness (QED) is 0.872. The first-order valence-electron chi connectivity index (χ1n) is 8.69. The van der Waals surface area contributed by atoms with Crippen LogP contribution in [0.15, 0.2) is 48.7 Å². The minimum absolute atomic E-state index is 0.312. The van der Waals surface area contributed by atoms with Gasteiger partial charge in [0, 0.05) is 44.4 Å². The molecule has 2 aliphatic heterocycles. The molecule has 1 aromatic heterocycles. The molecule has 3 heterocycles. The highest BCUT2D eigenvalue weighted by Crippen LogP contribution is 2.32. The van der Waals surface area contributed by atoms with Crippen LogP contribution >= 0.6 is 0 Å². The molecule has 0 aliphatic carbocycles. The number of carbonyl (C=O) groups is 1. The van der Waals surface area contributed by atoms with Crippen molar-refractivity contribution < 1.29 is 4.79 Å².